The van der Waals surface area contributed by atoms with Gasteiger partial charge in [-0.15, -0.1) is 0 Å². The minimum Gasteiger partial charge on any atom is -0.334 e. The average molecular weight is 371 g/mol. The van der Waals surface area contributed by atoms with Crippen molar-refractivity contribution in [1.82, 2.24) is 14.9 Å². The normalized spacial score (nSPS) is 13.0. The first-order chi connectivity index (χ1) is 13.8. The van der Waals surface area contributed by atoms with Crippen molar-refractivity contribution >= 4 is 5.91 Å². The van der Waals surface area contributed by atoms with E-state index in [4.69, 9.17) is 0 Å². The molecule has 0 bridgehead atoms. The van der Waals surface area contributed by atoms with Crippen molar-refractivity contribution in [2.45, 2.75) is 45.2 Å². The molecular weight excluding hydrogens is 346 g/mol. The molecule has 1 aliphatic rings. The topological polar surface area (TPSA) is 46.1 Å². The van der Waals surface area contributed by atoms with Crippen LogP contribution in [0, 0.1) is 0 Å². The Labute approximate surface area is 166 Å². The number of pyridine rings is 2. The molecule has 0 saturated heterocycles. The summed E-state index contributed by atoms with van der Waals surface area (Å²) in [4.78, 5) is 23.4. The molecule has 0 spiro atoms. The summed E-state index contributed by atoms with van der Waals surface area (Å²) in [7, 11) is 0. The molecule has 0 aliphatic heterocycles. The predicted molar refractivity (Wildman–Crippen MR) is 110 cm³/mol. The van der Waals surface area contributed by atoms with Crippen LogP contribution < -0.4 is 0 Å². The molecule has 4 rings (SSSR count). The van der Waals surface area contributed by atoms with E-state index in [0.29, 0.717) is 19.5 Å². The highest BCUT2D eigenvalue weighted by Gasteiger charge is 2.17. The third-order valence-electron chi connectivity index (χ3n) is 5.34. The first-order valence-corrected chi connectivity index (χ1v) is 9.94. The third kappa shape index (κ3) is 4.63. The molecule has 0 fully saturated rings. The van der Waals surface area contributed by atoms with Gasteiger partial charge in [0.05, 0.1) is 6.42 Å². The van der Waals surface area contributed by atoms with E-state index in [2.05, 4.69) is 28.2 Å². The number of aryl methyl sites for hydroxylation is 2. The van der Waals surface area contributed by atoms with Gasteiger partial charge in [-0.2, -0.15) is 0 Å². The van der Waals surface area contributed by atoms with Crippen LogP contribution in [-0.2, 0) is 37.1 Å². The predicted octanol–water partition coefficient (Wildman–Crippen LogP) is 4.13. The molecule has 0 saturated carbocycles. The van der Waals surface area contributed by atoms with Crippen molar-refractivity contribution in [1.29, 1.82) is 0 Å². The van der Waals surface area contributed by atoms with Crippen LogP contribution in [0.15, 0.2) is 67.3 Å². The minimum absolute atomic E-state index is 0.136. The smallest absolute Gasteiger partial charge is 0.227 e. The summed E-state index contributed by atoms with van der Waals surface area (Å²) in [5.41, 5.74) is 6.10. The molecule has 4 nitrogen and oxygen atoms in total. The SMILES string of the molecule is O=C(Cc1ccc2c(c1)CCCC2)N(Cc1ccncc1)Cc1cccnc1. The molecule has 0 N–H and O–H groups in total. The van der Waals surface area contributed by atoms with E-state index in [-0.39, 0.29) is 5.91 Å². The number of hydrogen-bond acceptors (Lipinski definition) is 3. The largest absolute Gasteiger partial charge is 0.334 e. The van der Waals surface area contributed by atoms with Crippen LogP contribution in [-0.4, -0.2) is 20.8 Å². The van der Waals surface area contributed by atoms with Gasteiger partial charge in [0, 0.05) is 37.9 Å². The Morgan fingerprint density at radius 2 is 1.61 bits per heavy atom. The molecule has 1 amide bonds. The van der Waals surface area contributed by atoms with Gasteiger partial charge < -0.3 is 4.90 Å². The summed E-state index contributed by atoms with van der Waals surface area (Å²) in [5.74, 6) is 0.136. The highest BCUT2D eigenvalue weighted by Crippen LogP contribution is 2.23. The fourth-order valence-electron chi connectivity index (χ4n) is 3.84. The van der Waals surface area contributed by atoms with Crippen LogP contribution in [0.3, 0.4) is 0 Å². The van der Waals surface area contributed by atoms with Crippen LogP contribution in [0.4, 0.5) is 0 Å². The Kier molecular flexibility index (Phi) is 5.76. The molecular formula is C24H25N3O. The number of fused-ring (bicyclic) bond motifs is 1. The second kappa shape index (κ2) is 8.79. The lowest BCUT2D eigenvalue weighted by Crippen LogP contribution is -2.31. The van der Waals surface area contributed by atoms with E-state index in [0.717, 1.165) is 23.1 Å². The summed E-state index contributed by atoms with van der Waals surface area (Å²) in [6.07, 6.45) is 12.4. The lowest BCUT2D eigenvalue weighted by Gasteiger charge is -2.24. The van der Waals surface area contributed by atoms with E-state index in [1.54, 1.807) is 18.6 Å². The van der Waals surface area contributed by atoms with Crippen molar-refractivity contribution in [3.63, 3.8) is 0 Å². The Balaban J connectivity index is 1.52. The highest BCUT2D eigenvalue weighted by molar-refractivity contribution is 5.79. The number of carbonyl (C=O) groups is 1. The van der Waals surface area contributed by atoms with Gasteiger partial charge in [-0.05, 0) is 71.7 Å². The quantitative estimate of drug-likeness (QED) is 0.655. The minimum atomic E-state index is 0.136. The van der Waals surface area contributed by atoms with Gasteiger partial charge in [-0.25, -0.2) is 0 Å². The molecule has 4 heteroatoms. The summed E-state index contributed by atoms with van der Waals surface area (Å²) < 4.78 is 0. The average Bonchev–Trinajstić information content (AvgIpc) is 2.75. The van der Waals surface area contributed by atoms with Crippen molar-refractivity contribution in [3.05, 3.63) is 95.1 Å². The maximum absolute atomic E-state index is 13.2. The van der Waals surface area contributed by atoms with E-state index in [9.17, 15) is 4.79 Å². The number of hydrogen-bond donors (Lipinski definition) is 0. The van der Waals surface area contributed by atoms with Gasteiger partial charge >= 0.3 is 0 Å². The lowest BCUT2D eigenvalue weighted by atomic mass is 9.90. The van der Waals surface area contributed by atoms with Crippen LogP contribution >= 0.6 is 0 Å². The molecule has 2 heterocycles. The summed E-state index contributed by atoms with van der Waals surface area (Å²) >= 11 is 0. The first kappa shape index (κ1) is 18.4. The van der Waals surface area contributed by atoms with Gasteiger partial charge in [0.25, 0.3) is 0 Å². The standard InChI is InChI=1S/C24H25N3O/c28-24(15-20-7-8-22-5-1-2-6-23(22)14-20)27(17-19-9-12-25-13-10-19)18-21-4-3-11-26-16-21/h3-4,7-14,16H,1-2,5-6,15,17-18H2. The molecule has 1 aromatic carbocycles. The van der Waals surface area contributed by atoms with Crippen molar-refractivity contribution < 1.29 is 4.79 Å². The van der Waals surface area contributed by atoms with Gasteiger partial charge in [0.15, 0.2) is 0 Å². The molecule has 1 aliphatic carbocycles. The van der Waals surface area contributed by atoms with Gasteiger partial charge in [0.1, 0.15) is 0 Å². The Morgan fingerprint density at radius 3 is 2.39 bits per heavy atom. The van der Waals surface area contributed by atoms with Crippen molar-refractivity contribution in [2.24, 2.45) is 0 Å². The van der Waals surface area contributed by atoms with E-state index < -0.39 is 0 Å². The summed E-state index contributed by atoms with van der Waals surface area (Å²) in [6, 6.07) is 14.4. The number of aromatic nitrogens is 2. The van der Waals surface area contributed by atoms with Crippen LogP contribution in [0.25, 0.3) is 0 Å². The second-order valence-corrected chi connectivity index (χ2v) is 7.45. The zero-order chi connectivity index (χ0) is 19.2. The number of nitrogens with zero attached hydrogens (tertiary/aromatic N) is 3. The maximum atomic E-state index is 13.2. The molecule has 0 atom stereocenters. The van der Waals surface area contributed by atoms with E-state index in [1.165, 1.54) is 30.4 Å². The number of carbonyl (C=O) groups excluding carboxylic acids is 1. The van der Waals surface area contributed by atoms with Gasteiger partial charge in [-0.3, -0.25) is 14.8 Å². The molecule has 0 radical (unpaired) electrons. The molecule has 28 heavy (non-hydrogen) atoms. The number of benzene rings is 1. The molecule has 2 aromatic heterocycles. The van der Waals surface area contributed by atoms with E-state index in [1.807, 2.05) is 35.4 Å². The fourth-order valence-corrected chi connectivity index (χ4v) is 3.84. The highest BCUT2D eigenvalue weighted by atomic mass is 16.2. The molecule has 142 valence electrons. The van der Waals surface area contributed by atoms with Gasteiger partial charge in [-0.1, -0.05) is 24.3 Å². The number of rotatable bonds is 6. The monoisotopic (exact) mass is 371 g/mol. The van der Waals surface area contributed by atoms with Crippen LogP contribution in [0.1, 0.15) is 40.7 Å². The Bertz CT molecular complexity index is 884. The first-order valence-electron chi connectivity index (χ1n) is 9.94. The second-order valence-electron chi connectivity index (χ2n) is 7.45. The summed E-state index contributed by atoms with van der Waals surface area (Å²) in [5, 5.41) is 0. The zero-order valence-corrected chi connectivity index (χ0v) is 16.1. The zero-order valence-electron chi connectivity index (χ0n) is 16.1. The van der Waals surface area contributed by atoms with Gasteiger partial charge in [0.2, 0.25) is 5.91 Å². The summed E-state index contributed by atoms with van der Waals surface area (Å²) in [6.45, 7) is 1.13. The van der Waals surface area contributed by atoms with Crippen LogP contribution in [0.2, 0.25) is 0 Å². The number of amides is 1. The Hall–Kier alpha value is -3.01. The van der Waals surface area contributed by atoms with Crippen molar-refractivity contribution in [3.8, 4) is 0 Å². The van der Waals surface area contributed by atoms with Crippen molar-refractivity contribution in [2.75, 3.05) is 0 Å². The fraction of sp³-hybridized carbons (Fsp3) is 0.292. The molecule has 3 aromatic rings. The lowest BCUT2D eigenvalue weighted by molar-refractivity contribution is -0.131. The Morgan fingerprint density at radius 1 is 0.821 bits per heavy atom. The van der Waals surface area contributed by atoms with Crippen LogP contribution in [0.5, 0.6) is 0 Å². The maximum Gasteiger partial charge on any atom is 0.227 e. The molecule has 0 unspecified atom stereocenters. The third-order valence-corrected chi connectivity index (χ3v) is 5.34. The van der Waals surface area contributed by atoms with E-state index >= 15 is 0 Å².